The lowest BCUT2D eigenvalue weighted by Gasteiger charge is -2.32. The molecule has 0 saturated carbocycles. The van der Waals surface area contributed by atoms with E-state index >= 15 is 0 Å². The van der Waals surface area contributed by atoms with Gasteiger partial charge in [-0.2, -0.15) is 0 Å². The topological polar surface area (TPSA) is 37.0 Å². The Kier molecular flexibility index (Phi) is 3.71. The first-order valence-electron chi connectivity index (χ1n) is 7.95. The van der Waals surface area contributed by atoms with Gasteiger partial charge in [-0.05, 0) is 12.5 Å². The third-order valence-corrected chi connectivity index (χ3v) is 4.79. The number of nitrogens with one attached hydrogen (secondary N) is 1. The molecule has 21 heavy (non-hydrogen) atoms. The molecule has 0 radical (unpaired) electrons. The molecule has 1 N–H and O–H groups in total. The van der Waals surface area contributed by atoms with E-state index in [1.807, 2.05) is 6.07 Å². The zero-order valence-electron chi connectivity index (χ0n) is 12.4. The van der Waals surface area contributed by atoms with Gasteiger partial charge in [0.05, 0.1) is 0 Å². The van der Waals surface area contributed by atoms with Gasteiger partial charge in [-0.3, -0.25) is 9.80 Å². The lowest BCUT2D eigenvalue weighted by atomic mass is 10.1. The van der Waals surface area contributed by atoms with Crippen LogP contribution >= 0.6 is 0 Å². The third kappa shape index (κ3) is 2.73. The summed E-state index contributed by atoms with van der Waals surface area (Å²) in [7, 11) is 0. The molecule has 0 aliphatic carbocycles. The van der Waals surface area contributed by atoms with Gasteiger partial charge >= 0.3 is 0 Å². The zero-order valence-corrected chi connectivity index (χ0v) is 12.4. The van der Waals surface area contributed by atoms with Crippen LogP contribution in [0.5, 0.6) is 11.5 Å². The summed E-state index contributed by atoms with van der Waals surface area (Å²) in [5, 5.41) is 3.43. The molecule has 0 aromatic heterocycles. The number of likely N-dealkylation sites (tertiary alicyclic amines) is 1. The van der Waals surface area contributed by atoms with Crippen molar-refractivity contribution in [2.75, 3.05) is 46.1 Å². The van der Waals surface area contributed by atoms with Crippen molar-refractivity contribution in [1.29, 1.82) is 0 Å². The number of fused-ring (bicyclic) bond motifs is 1. The van der Waals surface area contributed by atoms with E-state index in [4.69, 9.17) is 9.47 Å². The molecule has 3 aliphatic rings. The molecular weight excluding hydrogens is 266 g/mol. The molecule has 1 unspecified atom stereocenters. The Hall–Kier alpha value is -1.30. The highest BCUT2D eigenvalue weighted by Gasteiger charge is 2.29. The molecule has 0 bridgehead atoms. The molecule has 3 heterocycles. The van der Waals surface area contributed by atoms with E-state index in [1.54, 1.807) is 0 Å². The van der Waals surface area contributed by atoms with Gasteiger partial charge in [0.25, 0.3) is 0 Å². The second kappa shape index (κ2) is 5.83. The van der Waals surface area contributed by atoms with Crippen LogP contribution in [0.1, 0.15) is 12.0 Å². The molecule has 1 atom stereocenters. The highest BCUT2D eigenvalue weighted by atomic mass is 16.7. The first-order valence-corrected chi connectivity index (χ1v) is 7.95. The van der Waals surface area contributed by atoms with E-state index < -0.39 is 0 Å². The van der Waals surface area contributed by atoms with E-state index in [-0.39, 0.29) is 0 Å². The normalized spacial score (nSPS) is 26.4. The third-order valence-electron chi connectivity index (χ3n) is 4.79. The van der Waals surface area contributed by atoms with Gasteiger partial charge in [-0.1, -0.05) is 12.1 Å². The van der Waals surface area contributed by atoms with Gasteiger partial charge in [-0.15, -0.1) is 0 Å². The van der Waals surface area contributed by atoms with Gasteiger partial charge in [0.2, 0.25) is 6.79 Å². The van der Waals surface area contributed by atoms with Crippen molar-refractivity contribution in [1.82, 2.24) is 15.1 Å². The summed E-state index contributed by atoms with van der Waals surface area (Å²) >= 11 is 0. The summed E-state index contributed by atoms with van der Waals surface area (Å²) < 4.78 is 11.1. The lowest BCUT2D eigenvalue weighted by molar-refractivity contribution is 0.167. The maximum atomic E-state index is 5.62. The Morgan fingerprint density at radius 3 is 2.95 bits per heavy atom. The van der Waals surface area contributed by atoms with Crippen LogP contribution in [0.4, 0.5) is 0 Å². The summed E-state index contributed by atoms with van der Waals surface area (Å²) in [6.45, 7) is 8.32. The van der Waals surface area contributed by atoms with Crippen molar-refractivity contribution in [3.63, 3.8) is 0 Å². The molecule has 2 fully saturated rings. The van der Waals surface area contributed by atoms with E-state index in [2.05, 4.69) is 27.2 Å². The molecule has 5 nitrogen and oxygen atoms in total. The molecule has 0 amide bonds. The minimum absolute atomic E-state index is 0.357. The molecular formula is C16H23N3O2. The Balaban J connectivity index is 1.39. The molecule has 0 spiro atoms. The largest absolute Gasteiger partial charge is 0.454 e. The minimum atomic E-state index is 0.357. The molecule has 1 aromatic carbocycles. The summed E-state index contributed by atoms with van der Waals surface area (Å²) in [6.07, 6.45) is 1.28. The number of nitrogens with zero attached hydrogens (tertiary/aromatic N) is 2. The van der Waals surface area contributed by atoms with Crippen LogP contribution in [0.25, 0.3) is 0 Å². The number of ether oxygens (including phenoxy) is 2. The predicted octanol–water partition coefficient (Wildman–Crippen LogP) is 0.895. The van der Waals surface area contributed by atoms with Gasteiger partial charge < -0.3 is 14.8 Å². The van der Waals surface area contributed by atoms with Crippen molar-refractivity contribution in [2.24, 2.45) is 0 Å². The fourth-order valence-corrected chi connectivity index (χ4v) is 3.66. The SMILES string of the molecule is c1cc(CN2CCC(N3CCNCC3)C2)c2c(c1)OCO2. The first-order chi connectivity index (χ1) is 10.4. The average Bonchev–Trinajstić information content (AvgIpc) is 3.17. The van der Waals surface area contributed by atoms with Gasteiger partial charge in [0.15, 0.2) is 11.5 Å². The number of rotatable bonds is 3. The Morgan fingerprint density at radius 2 is 2.05 bits per heavy atom. The summed E-state index contributed by atoms with van der Waals surface area (Å²) in [6, 6.07) is 6.93. The smallest absolute Gasteiger partial charge is 0.231 e. The van der Waals surface area contributed by atoms with Gasteiger partial charge in [0, 0.05) is 57.4 Å². The fraction of sp³-hybridized carbons (Fsp3) is 0.625. The first kappa shape index (κ1) is 13.4. The summed E-state index contributed by atoms with van der Waals surface area (Å²) in [5.41, 5.74) is 1.26. The molecule has 5 heteroatoms. The highest BCUT2D eigenvalue weighted by molar-refractivity contribution is 5.48. The maximum Gasteiger partial charge on any atom is 0.231 e. The van der Waals surface area contributed by atoms with Crippen LogP contribution in [0.3, 0.4) is 0 Å². The summed E-state index contributed by atoms with van der Waals surface area (Å²) in [4.78, 5) is 5.19. The second-order valence-electron chi connectivity index (χ2n) is 6.11. The van der Waals surface area contributed by atoms with Gasteiger partial charge in [-0.25, -0.2) is 0 Å². The number of piperazine rings is 1. The standard InChI is InChI=1S/C16H23N3O2/c1-2-13(16-15(3-1)20-12-21-16)10-18-7-4-14(11-18)19-8-5-17-6-9-19/h1-3,14,17H,4-12H2. The number of benzene rings is 1. The number of para-hydroxylation sites is 1. The average molecular weight is 289 g/mol. The Labute approximate surface area is 125 Å². The van der Waals surface area contributed by atoms with Crippen molar-refractivity contribution in [2.45, 2.75) is 19.0 Å². The Morgan fingerprint density at radius 1 is 1.14 bits per heavy atom. The maximum absolute atomic E-state index is 5.62. The van der Waals surface area contributed by atoms with Crippen molar-refractivity contribution in [3.05, 3.63) is 23.8 Å². The van der Waals surface area contributed by atoms with Crippen LogP contribution in [0.15, 0.2) is 18.2 Å². The van der Waals surface area contributed by atoms with Crippen molar-refractivity contribution in [3.8, 4) is 11.5 Å². The zero-order chi connectivity index (χ0) is 14.1. The lowest BCUT2D eigenvalue weighted by Crippen LogP contribution is -2.49. The van der Waals surface area contributed by atoms with Crippen LogP contribution in [0, 0.1) is 0 Å². The minimum Gasteiger partial charge on any atom is -0.454 e. The van der Waals surface area contributed by atoms with Crippen molar-refractivity contribution < 1.29 is 9.47 Å². The van der Waals surface area contributed by atoms with Crippen LogP contribution in [-0.2, 0) is 6.54 Å². The van der Waals surface area contributed by atoms with Crippen LogP contribution in [-0.4, -0.2) is 61.9 Å². The van der Waals surface area contributed by atoms with E-state index in [0.29, 0.717) is 6.79 Å². The number of hydrogen-bond donors (Lipinski definition) is 1. The molecule has 4 rings (SSSR count). The van der Waals surface area contributed by atoms with Crippen LogP contribution < -0.4 is 14.8 Å². The monoisotopic (exact) mass is 289 g/mol. The molecule has 114 valence electrons. The predicted molar refractivity (Wildman–Crippen MR) is 80.7 cm³/mol. The fourth-order valence-electron chi connectivity index (χ4n) is 3.66. The molecule has 1 aromatic rings. The second-order valence-corrected chi connectivity index (χ2v) is 6.11. The Bertz CT molecular complexity index is 502. The van der Waals surface area contributed by atoms with E-state index in [9.17, 15) is 0 Å². The molecule has 2 saturated heterocycles. The highest BCUT2D eigenvalue weighted by Crippen LogP contribution is 2.36. The summed E-state index contributed by atoms with van der Waals surface area (Å²) in [5.74, 6) is 1.84. The van der Waals surface area contributed by atoms with Crippen molar-refractivity contribution >= 4 is 0 Å². The van der Waals surface area contributed by atoms with Crippen LogP contribution in [0.2, 0.25) is 0 Å². The van der Waals surface area contributed by atoms with Gasteiger partial charge in [0.1, 0.15) is 0 Å². The molecule has 3 aliphatic heterocycles. The van der Waals surface area contributed by atoms with E-state index in [0.717, 1.165) is 37.2 Å². The van der Waals surface area contributed by atoms with E-state index in [1.165, 1.54) is 38.2 Å². The number of hydrogen-bond acceptors (Lipinski definition) is 5. The quantitative estimate of drug-likeness (QED) is 0.894.